The third-order valence-corrected chi connectivity index (χ3v) is 4.42. The molecule has 2 aromatic heterocycles. The van der Waals surface area contributed by atoms with Crippen molar-refractivity contribution in [3.05, 3.63) is 59.4 Å². The number of pyridine rings is 1. The minimum Gasteiger partial charge on any atom is -0.306 e. The number of nitrogens with zero attached hydrogens (tertiary/aromatic N) is 2. The zero-order valence-corrected chi connectivity index (χ0v) is 12.4. The highest BCUT2D eigenvalue weighted by molar-refractivity contribution is 5.64. The van der Waals surface area contributed by atoms with E-state index in [2.05, 4.69) is 17.1 Å². The summed E-state index contributed by atoms with van der Waals surface area (Å²) in [5.41, 5.74) is 4.23. The van der Waals surface area contributed by atoms with Crippen LogP contribution in [0.2, 0.25) is 0 Å². The minimum atomic E-state index is -4.34. The number of imidazole rings is 1. The highest BCUT2D eigenvalue weighted by Gasteiger charge is 2.30. The van der Waals surface area contributed by atoms with Gasteiger partial charge >= 0.3 is 6.18 Å². The molecule has 4 rings (SSSR count). The second kappa shape index (κ2) is 5.11. The van der Waals surface area contributed by atoms with Gasteiger partial charge in [-0.2, -0.15) is 13.2 Å². The lowest BCUT2D eigenvalue weighted by atomic mass is 9.90. The normalized spacial score (nSPS) is 14.9. The average Bonchev–Trinajstić information content (AvgIpc) is 2.96. The molecule has 0 bridgehead atoms. The van der Waals surface area contributed by atoms with Gasteiger partial charge in [0.25, 0.3) is 0 Å². The van der Waals surface area contributed by atoms with Crippen LogP contribution in [0, 0.1) is 0 Å². The van der Waals surface area contributed by atoms with E-state index in [1.807, 2.05) is 6.07 Å². The summed E-state index contributed by atoms with van der Waals surface area (Å²) in [6.07, 6.45) is 2.99. The van der Waals surface area contributed by atoms with E-state index < -0.39 is 11.7 Å². The Morgan fingerprint density at radius 1 is 0.913 bits per heavy atom. The highest BCUT2D eigenvalue weighted by Crippen LogP contribution is 2.31. The predicted molar refractivity (Wildman–Crippen MR) is 82.3 cm³/mol. The summed E-state index contributed by atoms with van der Waals surface area (Å²) < 4.78 is 39.8. The van der Waals surface area contributed by atoms with E-state index in [9.17, 15) is 13.2 Å². The first kappa shape index (κ1) is 14.3. The van der Waals surface area contributed by atoms with Gasteiger partial charge in [0.15, 0.2) is 0 Å². The molecule has 0 spiro atoms. The number of aryl methyl sites for hydroxylation is 2. The maximum Gasteiger partial charge on any atom is 0.417 e. The topological polar surface area (TPSA) is 17.3 Å². The molecule has 1 aliphatic rings. The highest BCUT2D eigenvalue weighted by atomic mass is 19.4. The molecule has 0 saturated heterocycles. The number of hydrogen-bond donors (Lipinski definition) is 0. The molecule has 5 heteroatoms. The zero-order chi connectivity index (χ0) is 16.0. The molecule has 118 valence electrons. The summed E-state index contributed by atoms with van der Waals surface area (Å²) in [6, 6.07) is 8.73. The number of rotatable bonds is 1. The van der Waals surface area contributed by atoms with Crippen LogP contribution < -0.4 is 0 Å². The van der Waals surface area contributed by atoms with Crippen molar-refractivity contribution in [2.24, 2.45) is 0 Å². The molecule has 0 radical (unpaired) electrons. The SMILES string of the molecule is FC(F)(F)c1ccc2nc(-c3ccc4c(c3)CCCC4)cn2c1. The van der Waals surface area contributed by atoms with E-state index in [-0.39, 0.29) is 0 Å². The molecule has 2 nitrogen and oxygen atoms in total. The van der Waals surface area contributed by atoms with Crippen molar-refractivity contribution in [2.75, 3.05) is 0 Å². The van der Waals surface area contributed by atoms with Gasteiger partial charge in [-0.05, 0) is 55.0 Å². The Hall–Kier alpha value is -2.30. The molecule has 0 N–H and O–H groups in total. The molecule has 2 heterocycles. The zero-order valence-electron chi connectivity index (χ0n) is 12.4. The molecule has 1 aliphatic carbocycles. The van der Waals surface area contributed by atoms with Crippen molar-refractivity contribution in [1.29, 1.82) is 0 Å². The molecule has 1 aromatic carbocycles. The number of hydrogen-bond acceptors (Lipinski definition) is 1. The van der Waals surface area contributed by atoms with Gasteiger partial charge in [-0.3, -0.25) is 0 Å². The van der Waals surface area contributed by atoms with E-state index in [1.54, 1.807) is 6.20 Å². The van der Waals surface area contributed by atoms with Gasteiger partial charge in [0, 0.05) is 18.0 Å². The van der Waals surface area contributed by atoms with E-state index in [1.165, 1.54) is 34.4 Å². The molecule has 0 amide bonds. The van der Waals surface area contributed by atoms with E-state index in [0.29, 0.717) is 11.3 Å². The van der Waals surface area contributed by atoms with Crippen LogP contribution in [0.1, 0.15) is 29.5 Å². The van der Waals surface area contributed by atoms with Gasteiger partial charge in [-0.15, -0.1) is 0 Å². The first-order valence-corrected chi connectivity index (χ1v) is 7.69. The Bertz CT molecular complexity index is 878. The summed E-state index contributed by atoms with van der Waals surface area (Å²) in [5.74, 6) is 0. The van der Waals surface area contributed by atoms with Crippen molar-refractivity contribution >= 4 is 5.65 Å². The van der Waals surface area contributed by atoms with Gasteiger partial charge in [-0.1, -0.05) is 12.1 Å². The minimum absolute atomic E-state index is 0.519. The van der Waals surface area contributed by atoms with Crippen LogP contribution in [-0.4, -0.2) is 9.38 Å². The van der Waals surface area contributed by atoms with Crippen molar-refractivity contribution in [3.63, 3.8) is 0 Å². The van der Waals surface area contributed by atoms with Gasteiger partial charge in [0.2, 0.25) is 0 Å². The van der Waals surface area contributed by atoms with Crippen LogP contribution in [0.25, 0.3) is 16.9 Å². The molecular formula is C18H15F3N2. The van der Waals surface area contributed by atoms with Crippen LogP contribution >= 0.6 is 0 Å². The Morgan fingerprint density at radius 3 is 2.48 bits per heavy atom. The summed E-state index contributed by atoms with van der Waals surface area (Å²) in [6.45, 7) is 0. The molecule has 0 aliphatic heterocycles. The third kappa shape index (κ3) is 2.60. The monoisotopic (exact) mass is 316 g/mol. The van der Waals surface area contributed by atoms with Gasteiger partial charge < -0.3 is 4.40 Å². The second-order valence-corrected chi connectivity index (χ2v) is 6.00. The maximum absolute atomic E-state index is 12.8. The molecular weight excluding hydrogens is 301 g/mol. The fraction of sp³-hybridized carbons (Fsp3) is 0.278. The standard InChI is InChI=1S/C18H15F3N2/c19-18(20,21)15-7-8-17-22-16(11-23(17)10-15)14-6-5-12-3-1-2-4-13(12)9-14/h5-11H,1-4H2. The molecule has 3 aromatic rings. The fourth-order valence-corrected chi connectivity index (χ4v) is 3.19. The van der Waals surface area contributed by atoms with Crippen molar-refractivity contribution in [3.8, 4) is 11.3 Å². The molecule has 0 fully saturated rings. The molecule has 0 unspecified atom stereocenters. The fourth-order valence-electron chi connectivity index (χ4n) is 3.19. The first-order chi connectivity index (χ1) is 11.0. The van der Waals surface area contributed by atoms with E-state index >= 15 is 0 Å². The first-order valence-electron chi connectivity index (χ1n) is 7.69. The third-order valence-electron chi connectivity index (χ3n) is 4.42. The number of benzene rings is 1. The Kier molecular flexibility index (Phi) is 3.18. The second-order valence-electron chi connectivity index (χ2n) is 6.00. The lowest BCUT2D eigenvalue weighted by Gasteiger charge is -2.15. The van der Waals surface area contributed by atoms with Crippen LogP contribution in [-0.2, 0) is 19.0 Å². The Balaban J connectivity index is 1.77. The predicted octanol–water partition coefficient (Wildman–Crippen LogP) is 4.90. The van der Waals surface area contributed by atoms with Crippen molar-refractivity contribution in [1.82, 2.24) is 9.38 Å². The van der Waals surface area contributed by atoms with Crippen LogP contribution in [0.3, 0.4) is 0 Å². The number of fused-ring (bicyclic) bond motifs is 2. The summed E-state index contributed by atoms with van der Waals surface area (Å²) >= 11 is 0. The lowest BCUT2D eigenvalue weighted by Crippen LogP contribution is -2.05. The van der Waals surface area contributed by atoms with E-state index in [4.69, 9.17) is 0 Å². The summed E-state index contributed by atoms with van der Waals surface area (Å²) in [7, 11) is 0. The van der Waals surface area contributed by atoms with Crippen molar-refractivity contribution < 1.29 is 13.2 Å². The van der Waals surface area contributed by atoms with Crippen LogP contribution in [0.4, 0.5) is 13.2 Å². The maximum atomic E-state index is 12.8. The van der Waals surface area contributed by atoms with Crippen LogP contribution in [0.15, 0.2) is 42.7 Å². The Morgan fingerprint density at radius 2 is 1.70 bits per heavy atom. The van der Waals surface area contributed by atoms with Crippen LogP contribution in [0.5, 0.6) is 0 Å². The summed E-state index contributed by atoms with van der Waals surface area (Å²) in [4.78, 5) is 4.45. The largest absolute Gasteiger partial charge is 0.417 e. The quantitative estimate of drug-likeness (QED) is 0.624. The number of halogens is 3. The van der Waals surface area contributed by atoms with Gasteiger partial charge in [0.1, 0.15) is 5.65 Å². The van der Waals surface area contributed by atoms with Gasteiger partial charge in [0.05, 0.1) is 11.3 Å². The molecule has 0 atom stereocenters. The van der Waals surface area contributed by atoms with E-state index in [0.717, 1.165) is 30.7 Å². The lowest BCUT2D eigenvalue weighted by molar-refractivity contribution is -0.137. The Labute approximate surface area is 131 Å². The molecule has 23 heavy (non-hydrogen) atoms. The van der Waals surface area contributed by atoms with Crippen molar-refractivity contribution in [2.45, 2.75) is 31.9 Å². The summed E-state index contributed by atoms with van der Waals surface area (Å²) in [5, 5.41) is 0. The molecule has 0 saturated carbocycles. The number of aromatic nitrogens is 2. The number of alkyl halides is 3. The van der Waals surface area contributed by atoms with Gasteiger partial charge in [-0.25, -0.2) is 4.98 Å². The smallest absolute Gasteiger partial charge is 0.306 e. The average molecular weight is 316 g/mol.